The Labute approximate surface area is 133 Å². The van der Waals surface area contributed by atoms with Gasteiger partial charge >= 0.3 is 0 Å². The molecule has 21 heavy (non-hydrogen) atoms. The molecule has 0 unspecified atom stereocenters. The van der Waals surface area contributed by atoms with E-state index in [-0.39, 0.29) is 17.2 Å². The summed E-state index contributed by atoms with van der Waals surface area (Å²) in [5.74, 6) is -0.160. The van der Waals surface area contributed by atoms with Crippen molar-refractivity contribution >= 4 is 44.0 Å². The first-order valence-corrected chi connectivity index (χ1v) is 7.76. The van der Waals surface area contributed by atoms with E-state index in [2.05, 4.69) is 26.2 Å². The Morgan fingerprint density at radius 3 is 2.76 bits per heavy atom. The number of hydrogen-bond donors (Lipinski definition) is 1. The third-order valence-electron chi connectivity index (χ3n) is 2.74. The number of amides is 1. The van der Waals surface area contributed by atoms with Gasteiger partial charge in [0.1, 0.15) is 0 Å². The lowest BCUT2D eigenvalue weighted by Crippen LogP contribution is -2.13. The standard InChI is InChI=1S/C13H12BrN3O3S/c1-7(2)11-6-21-13(15-11)16-12(18)9-5-8(17(19)20)3-4-10(9)14/h3-7H,1-2H3,(H,15,16,18). The van der Waals surface area contributed by atoms with E-state index in [4.69, 9.17) is 0 Å². The number of thiazole rings is 1. The number of rotatable bonds is 4. The second-order valence-electron chi connectivity index (χ2n) is 4.61. The molecule has 0 fully saturated rings. The van der Waals surface area contributed by atoms with Crippen molar-refractivity contribution in [1.82, 2.24) is 4.98 Å². The number of hydrogen-bond acceptors (Lipinski definition) is 5. The summed E-state index contributed by atoms with van der Waals surface area (Å²) in [4.78, 5) is 26.7. The fraction of sp³-hybridized carbons (Fsp3) is 0.231. The molecule has 1 N–H and O–H groups in total. The largest absolute Gasteiger partial charge is 0.298 e. The SMILES string of the molecule is CC(C)c1csc(NC(=O)c2cc([N+](=O)[O-])ccc2Br)n1. The zero-order valence-electron chi connectivity index (χ0n) is 11.3. The van der Waals surface area contributed by atoms with E-state index in [1.807, 2.05) is 19.2 Å². The van der Waals surface area contributed by atoms with E-state index in [0.717, 1.165) is 5.69 Å². The average molecular weight is 370 g/mol. The molecule has 110 valence electrons. The zero-order valence-corrected chi connectivity index (χ0v) is 13.7. The van der Waals surface area contributed by atoms with Crippen LogP contribution in [0.15, 0.2) is 28.1 Å². The summed E-state index contributed by atoms with van der Waals surface area (Å²) in [6.07, 6.45) is 0. The molecular weight excluding hydrogens is 358 g/mol. The highest BCUT2D eigenvalue weighted by molar-refractivity contribution is 9.10. The number of carbonyl (C=O) groups excluding carboxylic acids is 1. The van der Waals surface area contributed by atoms with E-state index in [1.54, 1.807) is 0 Å². The second-order valence-corrected chi connectivity index (χ2v) is 6.32. The van der Waals surface area contributed by atoms with Crippen molar-refractivity contribution in [2.24, 2.45) is 0 Å². The van der Waals surface area contributed by atoms with E-state index >= 15 is 0 Å². The Morgan fingerprint density at radius 2 is 2.19 bits per heavy atom. The number of anilines is 1. The van der Waals surface area contributed by atoms with Crippen LogP contribution in [-0.4, -0.2) is 15.8 Å². The number of carbonyl (C=O) groups is 1. The van der Waals surface area contributed by atoms with Crippen LogP contribution >= 0.6 is 27.3 Å². The number of nitro benzene ring substituents is 1. The molecule has 6 nitrogen and oxygen atoms in total. The van der Waals surface area contributed by atoms with Crippen LogP contribution in [0.25, 0.3) is 0 Å². The molecular formula is C13H12BrN3O3S. The molecule has 1 amide bonds. The fourth-order valence-corrected chi connectivity index (χ4v) is 2.87. The molecule has 0 aliphatic carbocycles. The van der Waals surface area contributed by atoms with Gasteiger partial charge in [-0.25, -0.2) is 4.98 Å². The highest BCUT2D eigenvalue weighted by Gasteiger charge is 2.17. The van der Waals surface area contributed by atoms with E-state index < -0.39 is 10.8 Å². The molecule has 0 radical (unpaired) electrons. The summed E-state index contributed by atoms with van der Waals surface area (Å²) < 4.78 is 0.492. The first-order chi connectivity index (χ1) is 9.88. The number of aromatic nitrogens is 1. The molecule has 1 aromatic heterocycles. The summed E-state index contributed by atoms with van der Waals surface area (Å²) in [6, 6.07) is 4.05. The molecule has 0 aliphatic heterocycles. The van der Waals surface area contributed by atoms with E-state index in [1.165, 1.54) is 29.5 Å². The summed E-state index contributed by atoms with van der Waals surface area (Å²) in [5, 5.41) is 15.8. The van der Waals surface area contributed by atoms with Crippen molar-refractivity contribution in [1.29, 1.82) is 0 Å². The molecule has 0 atom stereocenters. The molecule has 1 heterocycles. The van der Waals surface area contributed by atoms with Crippen molar-refractivity contribution in [3.05, 3.63) is 49.4 Å². The Balaban J connectivity index is 2.23. The van der Waals surface area contributed by atoms with Crippen LogP contribution in [-0.2, 0) is 0 Å². The minimum absolute atomic E-state index is 0.134. The number of nitrogens with one attached hydrogen (secondary N) is 1. The van der Waals surface area contributed by atoms with Crippen molar-refractivity contribution in [3.63, 3.8) is 0 Å². The van der Waals surface area contributed by atoms with Crippen LogP contribution in [0.2, 0.25) is 0 Å². The minimum Gasteiger partial charge on any atom is -0.298 e. The van der Waals surface area contributed by atoms with Crippen molar-refractivity contribution in [2.45, 2.75) is 19.8 Å². The Hall–Kier alpha value is -1.80. The lowest BCUT2D eigenvalue weighted by molar-refractivity contribution is -0.384. The highest BCUT2D eigenvalue weighted by Crippen LogP contribution is 2.25. The van der Waals surface area contributed by atoms with Crippen molar-refractivity contribution < 1.29 is 9.72 Å². The Morgan fingerprint density at radius 1 is 1.48 bits per heavy atom. The Kier molecular flexibility index (Phi) is 4.69. The molecule has 0 saturated heterocycles. The number of nitrogens with zero attached hydrogens (tertiary/aromatic N) is 2. The molecule has 1 aromatic carbocycles. The third kappa shape index (κ3) is 3.64. The predicted octanol–water partition coefficient (Wildman–Crippen LogP) is 4.19. The van der Waals surface area contributed by atoms with E-state index in [9.17, 15) is 14.9 Å². The maximum Gasteiger partial charge on any atom is 0.270 e. The second kappa shape index (κ2) is 6.31. The monoisotopic (exact) mass is 369 g/mol. The zero-order chi connectivity index (χ0) is 15.6. The normalized spacial score (nSPS) is 10.7. The number of benzene rings is 1. The summed E-state index contributed by atoms with van der Waals surface area (Å²) in [5.41, 5.74) is 0.962. The van der Waals surface area contributed by atoms with Gasteiger partial charge in [-0.2, -0.15) is 0 Å². The van der Waals surface area contributed by atoms with Gasteiger partial charge < -0.3 is 0 Å². The molecule has 2 rings (SSSR count). The lowest BCUT2D eigenvalue weighted by Gasteiger charge is -2.04. The molecule has 2 aromatic rings. The van der Waals surface area contributed by atoms with Crippen LogP contribution in [0, 0.1) is 10.1 Å². The van der Waals surface area contributed by atoms with Crippen LogP contribution < -0.4 is 5.32 Å². The first-order valence-electron chi connectivity index (χ1n) is 6.09. The number of halogens is 1. The minimum atomic E-state index is -0.538. The van der Waals surface area contributed by atoms with Gasteiger partial charge in [0.25, 0.3) is 11.6 Å². The maximum absolute atomic E-state index is 12.2. The van der Waals surface area contributed by atoms with Gasteiger partial charge in [0.2, 0.25) is 0 Å². The lowest BCUT2D eigenvalue weighted by atomic mass is 10.2. The summed E-state index contributed by atoms with van der Waals surface area (Å²) >= 11 is 4.55. The summed E-state index contributed by atoms with van der Waals surface area (Å²) in [7, 11) is 0. The summed E-state index contributed by atoms with van der Waals surface area (Å²) in [6.45, 7) is 4.02. The first kappa shape index (κ1) is 15.6. The van der Waals surface area contributed by atoms with E-state index in [0.29, 0.717) is 9.60 Å². The molecule has 0 bridgehead atoms. The van der Waals surface area contributed by atoms with Gasteiger partial charge in [0.15, 0.2) is 5.13 Å². The van der Waals surface area contributed by atoms with Crippen LogP contribution in [0.4, 0.5) is 10.8 Å². The maximum atomic E-state index is 12.2. The van der Waals surface area contributed by atoms with Gasteiger partial charge in [0.05, 0.1) is 16.2 Å². The van der Waals surface area contributed by atoms with Crippen molar-refractivity contribution in [3.8, 4) is 0 Å². The fourth-order valence-electron chi connectivity index (χ4n) is 1.57. The molecule has 0 saturated carbocycles. The average Bonchev–Trinajstić information content (AvgIpc) is 2.87. The quantitative estimate of drug-likeness (QED) is 0.646. The smallest absolute Gasteiger partial charge is 0.270 e. The van der Waals surface area contributed by atoms with Crippen LogP contribution in [0.1, 0.15) is 35.8 Å². The molecule has 8 heteroatoms. The van der Waals surface area contributed by atoms with Crippen LogP contribution in [0.3, 0.4) is 0 Å². The Bertz CT molecular complexity index is 700. The predicted molar refractivity (Wildman–Crippen MR) is 85.0 cm³/mol. The highest BCUT2D eigenvalue weighted by atomic mass is 79.9. The molecule has 0 spiro atoms. The van der Waals surface area contributed by atoms with Gasteiger partial charge in [0, 0.05) is 22.0 Å². The van der Waals surface area contributed by atoms with Gasteiger partial charge in [-0.1, -0.05) is 13.8 Å². The topological polar surface area (TPSA) is 85.1 Å². The van der Waals surface area contributed by atoms with Gasteiger partial charge in [-0.15, -0.1) is 11.3 Å². The van der Waals surface area contributed by atoms with Crippen molar-refractivity contribution in [2.75, 3.05) is 5.32 Å². The number of nitro groups is 1. The third-order valence-corrected chi connectivity index (χ3v) is 4.21. The van der Waals surface area contributed by atoms with Gasteiger partial charge in [-0.05, 0) is 27.9 Å². The molecule has 0 aliphatic rings. The van der Waals surface area contributed by atoms with Gasteiger partial charge in [-0.3, -0.25) is 20.2 Å². The van der Waals surface area contributed by atoms with Crippen LogP contribution in [0.5, 0.6) is 0 Å². The number of non-ortho nitro benzene ring substituents is 1.